The molecular weight excluding hydrogens is 336 g/mol. The zero-order valence-corrected chi connectivity index (χ0v) is 15.7. The predicted molar refractivity (Wildman–Crippen MR) is 108 cm³/mol. The fourth-order valence-electron chi connectivity index (χ4n) is 3.01. The Bertz CT molecular complexity index is 859. The van der Waals surface area contributed by atoms with Crippen LogP contribution in [0, 0.1) is 6.92 Å². The summed E-state index contributed by atoms with van der Waals surface area (Å²) in [5.41, 5.74) is 4.35. The van der Waals surface area contributed by atoms with Crippen molar-refractivity contribution in [3.63, 3.8) is 0 Å². The highest BCUT2D eigenvalue weighted by Crippen LogP contribution is 2.19. The third-order valence-electron chi connectivity index (χ3n) is 4.51. The zero-order chi connectivity index (χ0) is 19.1. The van der Waals surface area contributed by atoms with Crippen molar-refractivity contribution < 1.29 is 14.8 Å². The Morgan fingerprint density at radius 1 is 0.926 bits per heavy atom. The SMILES string of the molecule is COc1ccc(NC(=O)C[NH2+][C@H](c2ccccc2)c2ccc(C)cc2)cc1. The predicted octanol–water partition coefficient (Wildman–Crippen LogP) is 3.30. The monoisotopic (exact) mass is 361 g/mol. The quantitative estimate of drug-likeness (QED) is 0.678. The number of quaternary nitrogens is 1. The van der Waals surface area contributed by atoms with Gasteiger partial charge in [-0.15, -0.1) is 0 Å². The molecule has 3 N–H and O–H groups in total. The van der Waals surface area contributed by atoms with Crippen molar-refractivity contribution in [1.82, 2.24) is 0 Å². The molecule has 27 heavy (non-hydrogen) atoms. The average Bonchev–Trinajstić information content (AvgIpc) is 2.71. The van der Waals surface area contributed by atoms with Crippen LogP contribution in [-0.2, 0) is 4.79 Å². The summed E-state index contributed by atoms with van der Waals surface area (Å²) in [6.07, 6.45) is 0. The average molecular weight is 361 g/mol. The van der Waals surface area contributed by atoms with Gasteiger partial charge in [-0.05, 0) is 31.2 Å². The molecule has 138 valence electrons. The van der Waals surface area contributed by atoms with E-state index in [1.807, 2.05) is 42.5 Å². The first-order valence-electron chi connectivity index (χ1n) is 9.04. The minimum absolute atomic E-state index is 0.0341. The summed E-state index contributed by atoms with van der Waals surface area (Å²) in [6, 6.07) is 26.2. The van der Waals surface area contributed by atoms with E-state index in [0.29, 0.717) is 6.54 Å². The Kier molecular flexibility index (Phi) is 6.23. The summed E-state index contributed by atoms with van der Waals surface area (Å²) in [5.74, 6) is 0.733. The first kappa shape index (κ1) is 18.7. The van der Waals surface area contributed by atoms with Crippen molar-refractivity contribution in [1.29, 1.82) is 0 Å². The minimum Gasteiger partial charge on any atom is -0.497 e. The molecule has 0 fully saturated rings. The Balaban J connectivity index is 1.68. The smallest absolute Gasteiger partial charge is 0.279 e. The van der Waals surface area contributed by atoms with Crippen molar-refractivity contribution in [2.24, 2.45) is 0 Å². The molecule has 0 radical (unpaired) electrons. The molecule has 0 heterocycles. The van der Waals surface area contributed by atoms with E-state index in [-0.39, 0.29) is 11.9 Å². The van der Waals surface area contributed by atoms with Crippen LogP contribution in [0.25, 0.3) is 0 Å². The van der Waals surface area contributed by atoms with Gasteiger partial charge >= 0.3 is 0 Å². The third kappa shape index (κ3) is 5.19. The third-order valence-corrected chi connectivity index (χ3v) is 4.51. The fraction of sp³-hybridized carbons (Fsp3) is 0.174. The maximum atomic E-state index is 12.4. The highest BCUT2D eigenvalue weighted by Gasteiger charge is 2.18. The van der Waals surface area contributed by atoms with E-state index in [2.05, 4.69) is 54.0 Å². The number of anilines is 1. The van der Waals surface area contributed by atoms with Gasteiger partial charge in [0.2, 0.25) is 0 Å². The van der Waals surface area contributed by atoms with E-state index < -0.39 is 0 Å². The van der Waals surface area contributed by atoms with Crippen molar-refractivity contribution >= 4 is 11.6 Å². The van der Waals surface area contributed by atoms with Gasteiger partial charge in [0.05, 0.1) is 7.11 Å². The number of ether oxygens (including phenoxy) is 1. The molecule has 4 heteroatoms. The molecule has 0 unspecified atom stereocenters. The lowest BCUT2D eigenvalue weighted by molar-refractivity contribution is -0.676. The molecule has 0 aromatic heterocycles. The Labute approximate surface area is 160 Å². The number of hydrogen-bond acceptors (Lipinski definition) is 2. The number of nitrogens with two attached hydrogens (primary N) is 1. The second-order valence-electron chi connectivity index (χ2n) is 6.52. The second kappa shape index (κ2) is 9.01. The van der Waals surface area contributed by atoms with Crippen LogP contribution in [0.1, 0.15) is 22.7 Å². The van der Waals surface area contributed by atoms with E-state index in [4.69, 9.17) is 4.74 Å². The van der Waals surface area contributed by atoms with E-state index >= 15 is 0 Å². The first-order valence-corrected chi connectivity index (χ1v) is 9.04. The van der Waals surface area contributed by atoms with Crippen molar-refractivity contribution in [2.45, 2.75) is 13.0 Å². The van der Waals surface area contributed by atoms with Gasteiger partial charge in [-0.25, -0.2) is 0 Å². The highest BCUT2D eigenvalue weighted by molar-refractivity contribution is 5.91. The van der Waals surface area contributed by atoms with Crippen LogP contribution in [0.3, 0.4) is 0 Å². The van der Waals surface area contributed by atoms with Crippen molar-refractivity contribution in [2.75, 3.05) is 19.0 Å². The first-order chi connectivity index (χ1) is 13.2. The molecule has 0 saturated heterocycles. The summed E-state index contributed by atoms with van der Waals surface area (Å²) < 4.78 is 5.14. The van der Waals surface area contributed by atoms with Gasteiger partial charge in [-0.2, -0.15) is 0 Å². The highest BCUT2D eigenvalue weighted by atomic mass is 16.5. The summed E-state index contributed by atoms with van der Waals surface area (Å²) >= 11 is 0. The Morgan fingerprint density at radius 2 is 1.56 bits per heavy atom. The topological polar surface area (TPSA) is 54.9 Å². The molecule has 3 aromatic carbocycles. The molecule has 0 bridgehead atoms. The van der Waals surface area contributed by atoms with Gasteiger partial charge in [-0.3, -0.25) is 4.79 Å². The molecule has 0 aliphatic heterocycles. The number of rotatable bonds is 7. The molecule has 1 amide bonds. The van der Waals surface area contributed by atoms with E-state index in [9.17, 15) is 4.79 Å². The molecular formula is C23H25N2O2+. The minimum atomic E-state index is -0.0341. The number of aryl methyl sites for hydroxylation is 1. The molecule has 0 aliphatic rings. The number of hydrogen-bond donors (Lipinski definition) is 2. The summed E-state index contributed by atoms with van der Waals surface area (Å²) in [6.45, 7) is 2.41. The summed E-state index contributed by atoms with van der Waals surface area (Å²) in [4.78, 5) is 12.4. The lowest BCUT2D eigenvalue weighted by Crippen LogP contribution is -2.87. The van der Waals surface area contributed by atoms with Gasteiger partial charge in [-0.1, -0.05) is 60.2 Å². The standard InChI is InChI=1S/C23H24N2O2/c1-17-8-10-19(11-9-17)23(18-6-4-3-5-7-18)24-16-22(26)25-20-12-14-21(27-2)15-13-20/h3-15,23-24H,16H2,1-2H3,(H,25,26)/p+1/t23-/m1/s1. The van der Waals surface area contributed by atoms with Gasteiger partial charge < -0.3 is 15.4 Å². The molecule has 3 rings (SSSR count). The molecule has 0 spiro atoms. The van der Waals surface area contributed by atoms with Crippen LogP contribution in [0.15, 0.2) is 78.9 Å². The van der Waals surface area contributed by atoms with E-state index in [1.165, 1.54) is 16.7 Å². The van der Waals surface area contributed by atoms with E-state index in [0.717, 1.165) is 11.4 Å². The number of benzene rings is 3. The number of amides is 1. The van der Waals surface area contributed by atoms with Crippen molar-refractivity contribution in [3.8, 4) is 5.75 Å². The van der Waals surface area contributed by atoms with Crippen LogP contribution >= 0.6 is 0 Å². The lowest BCUT2D eigenvalue weighted by Gasteiger charge is -2.17. The molecule has 0 aliphatic carbocycles. The number of nitrogens with one attached hydrogen (secondary N) is 1. The number of carbonyl (C=O) groups excluding carboxylic acids is 1. The van der Waals surface area contributed by atoms with Crippen LogP contribution in [0.2, 0.25) is 0 Å². The maximum Gasteiger partial charge on any atom is 0.279 e. The second-order valence-corrected chi connectivity index (χ2v) is 6.52. The Hall–Kier alpha value is -3.11. The molecule has 0 saturated carbocycles. The summed E-state index contributed by atoms with van der Waals surface area (Å²) in [7, 11) is 1.62. The van der Waals surface area contributed by atoms with Gasteiger partial charge in [0.25, 0.3) is 5.91 Å². The largest absolute Gasteiger partial charge is 0.497 e. The van der Waals surface area contributed by atoms with Crippen LogP contribution in [0.4, 0.5) is 5.69 Å². The fourth-order valence-corrected chi connectivity index (χ4v) is 3.01. The van der Waals surface area contributed by atoms with Crippen LogP contribution in [-0.4, -0.2) is 19.6 Å². The Morgan fingerprint density at radius 3 is 2.19 bits per heavy atom. The summed E-state index contributed by atoms with van der Waals surface area (Å²) in [5, 5.41) is 5.00. The van der Waals surface area contributed by atoms with Crippen LogP contribution < -0.4 is 15.4 Å². The number of methoxy groups -OCH3 is 1. The molecule has 3 aromatic rings. The number of carbonyl (C=O) groups is 1. The van der Waals surface area contributed by atoms with E-state index in [1.54, 1.807) is 7.11 Å². The molecule has 4 nitrogen and oxygen atoms in total. The zero-order valence-electron chi connectivity index (χ0n) is 15.7. The van der Waals surface area contributed by atoms with Gasteiger partial charge in [0, 0.05) is 16.8 Å². The van der Waals surface area contributed by atoms with Crippen molar-refractivity contribution in [3.05, 3.63) is 95.6 Å². The normalized spacial score (nSPS) is 11.6. The maximum absolute atomic E-state index is 12.4. The van der Waals surface area contributed by atoms with Gasteiger partial charge in [0.15, 0.2) is 6.54 Å². The molecule has 1 atom stereocenters. The van der Waals surface area contributed by atoms with Crippen LogP contribution in [0.5, 0.6) is 5.75 Å². The van der Waals surface area contributed by atoms with Gasteiger partial charge in [0.1, 0.15) is 11.8 Å². The lowest BCUT2D eigenvalue weighted by atomic mass is 9.98.